The highest BCUT2D eigenvalue weighted by Crippen LogP contribution is 2.41. The van der Waals surface area contributed by atoms with Crippen molar-refractivity contribution in [1.82, 2.24) is 40.4 Å². The molecule has 0 spiro atoms. The van der Waals surface area contributed by atoms with Gasteiger partial charge in [-0.15, -0.1) is 0 Å². The number of pyridine rings is 1. The summed E-state index contributed by atoms with van der Waals surface area (Å²) in [5.74, 6) is -1.79. The molecule has 0 saturated carbocycles. The van der Waals surface area contributed by atoms with Crippen LogP contribution in [0.2, 0.25) is 5.02 Å². The molecule has 12 nitrogen and oxygen atoms in total. The fraction of sp³-hybridized carbons (Fsp3) is 0.306. The maximum absolute atomic E-state index is 14.1. The number of likely N-dealkylation sites (N-methyl/N-ethyl adjacent to an activating group) is 1. The summed E-state index contributed by atoms with van der Waals surface area (Å²) in [6.45, 7) is -0.504. The minimum Gasteiger partial charge on any atom is -0.361 e. The number of nitrogens with two attached hydrogens (primary N) is 1. The molecule has 0 aliphatic carbocycles. The van der Waals surface area contributed by atoms with Crippen molar-refractivity contribution in [2.45, 2.75) is 60.2 Å². The van der Waals surface area contributed by atoms with E-state index in [2.05, 4.69) is 30.9 Å². The number of alkyl halides is 3. The fourth-order valence-electron chi connectivity index (χ4n) is 6.20. The lowest BCUT2D eigenvalue weighted by atomic mass is 10.0. The first-order valence-electron chi connectivity index (χ1n) is 16.6. The van der Waals surface area contributed by atoms with Crippen molar-refractivity contribution in [2.24, 2.45) is 12.8 Å². The van der Waals surface area contributed by atoms with Crippen LogP contribution in [0.15, 0.2) is 83.4 Å². The van der Waals surface area contributed by atoms with E-state index in [0.29, 0.717) is 10.6 Å². The van der Waals surface area contributed by atoms with Crippen molar-refractivity contribution in [3.8, 4) is 0 Å². The Hall–Kier alpha value is -4.90. The van der Waals surface area contributed by atoms with Crippen LogP contribution in [0.3, 0.4) is 0 Å². The minimum absolute atomic E-state index is 0.0379. The molecule has 53 heavy (non-hydrogen) atoms. The monoisotopic (exact) mass is 767 g/mol. The molecule has 0 fully saturated rings. The second kappa shape index (κ2) is 16.0. The third-order valence-electron chi connectivity index (χ3n) is 9.19. The molecule has 0 radical (unpaired) electrons. The summed E-state index contributed by atoms with van der Waals surface area (Å²) < 4.78 is 43.9. The van der Waals surface area contributed by atoms with E-state index in [4.69, 9.17) is 17.3 Å². The van der Waals surface area contributed by atoms with Gasteiger partial charge < -0.3 is 36.1 Å². The Morgan fingerprint density at radius 3 is 2.53 bits per heavy atom. The van der Waals surface area contributed by atoms with Crippen LogP contribution in [-0.4, -0.2) is 73.9 Å². The summed E-state index contributed by atoms with van der Waals surface area (Å²) in [5, 5.41) is 9.87. The summed E-state index contributed by atoms with van der Waals surface area (Å²) in [6, 6.07) is 9.43. The maximum atomic E-state index is 14.1. The van der Waals surface area contributed by atoms with Gasteiger partial charge in [-0.05, 0) is 41.0 Å². The number of hydrogen-bond donors (Lipinski definition) is 5. The molecule has 3 atom stereocenters. The predicted octanol–water partition coefficient (Wildman–Crippen LogP) is 3.96. The van der Waals surface area contributed by atoms with Gasteiger partial charge in [-0.2, -0.15) is 13.2 Å². The van der Waals surface area contributed by atoms with Crippen molar-refractivity contribution < 1.29 is 27.6 Å². The summed E-state index contributed by atoms with van der Waals surface area (Å²) in [4.78, 5) is 55.5. The van der Waals surface area contributed by atoms with Crippen LogP contribution in [0, 0.1) is 0 Å². The molecule has 0 bridgehead atoms. The quantitative estimate of drug-likeness (QED) is 0.180. The van der Waals surface area contributed by atoms with Crippen LogP contribution >= 0.6 is 23.4 Å². The Kier molecular flexibility index (Phi) is 11.4. The van der Waals surface area contributed by atoms with E-state index in [-0.39, 0.29) is 48.0 Å². The van der Waals surface area contributed by atoms with Crippen LogP contribution in [0.5, 0.6) is 0 Å². The second-order valence-corrected chi connectivity index (χ2v) is 14.1. The topological polar surface area (TPSA) is 163 Å². The standard InChI is InChI=1S/C36H37ClF3N9O3S/c1-48-19-42-18-24(48)13-28-32(50)47-29(14-41)35(52)49(2)30(11-21-16-44-27-8-4-3-7-25(21)27)33(51)46-17-22-10-23(36(38,39)40)12-26(37)31(22)53-34-20(15-45-28)6-5-9-43-34/h3-10,12,16,18-19,28-30,44-45H,11,13-15,17,41H2,1-2H3,(H,46,51)(H,47,50)/t28-,29-,30-/m0/s1. The molecule has 1 aliphatic heterocycles. The lowest BCUT2D eigenvalue weighted by molar-refractivity contribution is -0.141. The van der Waals surface area contributed by atoms with Gasteiger partial charge in [0, 0.05) is 86.7 Å². The Morgan fingerprint density at radius 1 is 1.00 bits per heavy atom. The molecular formula is C36H37ClF3N9O3S. The maximum Gasteiger partial charge on any atom is 0.416 e. The molecule has 17 heteroatoms. The van der Waals surface area contributed by atoms with Crippen molar-refractivity contribution in [2.75, 3.05) is 13.6 Å². The number of H-pyrrole nitrogens is 1. The number of nitrogens with zero attached hydrogens (tertiary/aromatic N) is 4. The molecular weight excluding hydrogens is 731 g/mol. The van der Waals surface area contributed by atoms with Gasteiger partial charge in [-0.1, -0.05) is 47.6 Å². The number of aromatic nitrogens is 4. The number of fused-ring (bicyclic) bond motifs is 3. The molecule has 6 rings (SSSR count). The third-order valence-corrected chi connectivity index (χ3v) is 10.8. The van der Waals surface area contributed by atoms with Gasteiger partial charge in [-0.25, -0.2) is 9.97 Å². The zero-order valence-corrected chi connectivity index (χ0v) is 30.3. The summed E-state index contributed by atoms with van der Waals surface area (Å²) in [7, 11) is 3.22. The number of halogens is 4. The largest absolute Gasteiger partial charge is 0.416 e. The number of nitrogens with one attached hydrogen (secondary N) is 4. The van der Waals surface area contributed by atoms with Gasteiger partial charge >= 0.3 is 6.18 Å². The van der Waals surface area contributed by atoms with Gasteiger partial charge in [0.25, 0.3) is 0 Å². The first-order valence-corrected chi connectivity index (χ1v) is 17.8. The van der Waals surface area contributed by atoms with E-state index in [1.807, 2.05) is 24.3 Å². The van der Waals surface area contributed by atoms with Gasteiger partial charge in [0.15, 0.2) is 0 Å². The molecule has 3 amide bonds. The van der Waals surface area contributed by atoms with Gasteiger partial charge in [0.05, 0.1) is 23.0 Å². The zero-order chi connectivity index (χ0) is 37.9. The number of amides is 3. The van der Waals surface area contributed by atoms with E-state index in [1.165, 1.54) is 18.1 Å². The Labute approximate surface area is 312 Å². The van der Waals surface area contributed by atoms with Crippen LogP contribution in [0.25, 0.3) is 10.9 Å². The highest BCUT2D eigenvalue weighted by molar-refractivity contribution is 7.99. The van der Waals surface area contributed by atoms with Crippen molar-refractivity contribution in [3.05, 3.63) is 106 Å². The number of aryl methyl sites for hydroxylation is 1. The van der Waals surface area contributed by atoms with E-state index < -0.39 is 47.6 Å². The Morgan fingerprint density at radius 2 is 1.79 bits per heavy atom. The lowest BCUT2D eigenvalue weighted by Crippen LogP contribution is -2.59. The molecule has 1 aliphatic rings. The van der Waals surface area contributed by atoms with Crippen LogP contribution in [0.1, 0.15) is 27.9 Å². The number of imidazole rings is 1. The molecule has 4 heterocycles. The third kappa shape index (κ3) is 8.51. The highest BCUT2D eigenvalue weighted by Gasteiger charge is 2.35. The number of rotatable bonds is 5. The molecule has 0 unspecified atom stereocenters. The molecule has 5 aromatic rings. The average Bonchev–Trinajstić information content (AvgIpc) is 3.75. The Balaban J connectivity index is 1.44. The highest BCUT2D eigenvalue weighted by atomic mass is 35.5. The Bertz CT molecular complexity index is 2140. The zero-order valence-electron chi connectivity index (χ0n) is 28.7. The predicted molar refractivity (Wildman–Crippen MR) is 194 cm³/mol. The molecule has 6 N–H and O–H groups in total. The van der Waals surface area contributed by atoms with Gasteiger partial charge in [0.1, 0.15) is 17.1 Å². The van der Waals surface area contributed by atoms with E-state index in [1.54, 1.807) is 42.5 Å². The van der Waals surface area contributed by atoms with Crippen molar-refractivity contribution in [3.63, 3.8) is 0 Å². The molecule has 3 aromatic heterocycles. The number of hydrogen-bond acceptors (Lipinski definition) is 8. The summed E-state index contributed by atoms with van der Waals surface area (Å²) >= 11 is 7.61. The summed E-state index contributed by atoms with van der Waals surface area (Å²) in [6.07, 6.45) is 2.02. The number of aromatic amines is 1. The molecule has 2 aromatic carbocycles. The van der Waals surface area contributed by atoms with Crippen molar-refractivity contribution in [1.29, 1.82) is 0 Å². The van der Waals surface area contributed by atoms with Crippen LogP contribution < -0.4 is 21.7 Å². The SMILES string of the molecule is CN1C(=O)[C@H](CN)NC(=O)[C@H](Cc2cncn2C)NCc2cccnc2Sc2c(Cl)cc(C(F)(F)F)cc2CNC(=O)[C@@H]1Cc1c[nH]c2ccccc12. The fourth-order valence-corrected chi connectivity index (χ4v) is 7.55. The van der Waals surface area contributed by atoms with Gasteiger partial charge in [-0.3, -0.25) is 14.4 Å². The minimum atomic E-state index is -4.72. The lowest BCUT2D eigenvalue weighted by Gasteiger charge is -2.31. The van der Waals surface area contributed by atoms with Gasteiger partial charge in [0.2, 0.25) is 17.7 Å². The number of para-hydroxylation sites is 1. The summed E-state index contributed by atoms with van der Waals surface area (Å²) in [5.41, 5.74) is 8.09. The van der Waals surface area contributed by atoms with Crippen LogP contribution in [0.4, 0.5) is 13.2 Å². The second-order valence-electron chi connectivity index (χ2n) is 12.7. The molecule has 278 valence electrons. The van der Waals surface area contributed by atoms with E-state index in [0.717, 1.165) is 46.1 Å². The van der Waals surface area contributed by atoms with E-state index >= 15 is 0 Å². The number of benzene rings is 2. The van der Waals surface area contributed by atoms with Crippen molar-refractivity contribution >= 4 is 52.0 Å². The van der Waals surface area contributed by atoms with Crippen LogP contribution in [-0.2, 0) is 53.5 Å². The number of carbonyl (C=O) groups excluding carboxylic acids is 3. The van der Waals surface area contributed by atoms with E-state index in [9.17, 15) is 27.6 Å². The first kappa shape index (κ1) is 37.8. The number of carbonyl (C=O) groups is 3. The smallest absolute Gasteiger partial charge is 0.361 e. The first-order chi connectivity index (χ1) is 25.3. The normalized spacial score (nSPS) is 19.3. The average molecular weight is 768 g/mol. The molecule has 0 saturated heterocycles.